The first kappa shape index (κ1) is 6.87. The van der Waals surface area contributed by atoms with Crippen LogP contribution in [0.5, 0.6) is 0 Å². The van der Waals surface area contributed by atoms with Gasteiger partial charge in [-0.15, -0.1) is 0 Å². The van der Waals surface area contributed by atoms with Crippen molar-refractivity contribution < 1.29 is 20.9 Å². The van der Waals surface area contributed by atoms with Crippen LogP contribution in [0, 0.1) is 6.92 Å². The van der Waals surface area contributed by atoms with E-state index in [1.54, 1.807) is 0 Å². The molecule has 9 heavy (non-hydrogen) atoms. The van der Waals surface area contributed by atoms with Crippen LogP contribution in [0.1, 0.15) is 5.56 Å². The van der Waals surface area contributed by atoms with Gasteiger partial charge in [0.15, 0.2) is 0 Å². The second-order valence-corrected chi connectivity index (χ2v) is 2.65. The van der Waals surface area contributed by atoms with Gasteiger partial charge in [0.1, 0.15) is 0 Å². The van der Waals surface area contributed by atoms with Gasteiger partial charge in [0.05, 0.1) is 0 Å². The Morgan fingerprint density at radius 3 is 2.22 bits per heavy atom. The molecule has 0 spiro atoms. The molecule has 45 valence electrons. The van der Waals surface area contributed by atoms with Crippen molar-refractivity contribution in [1.29, 1.82) is 0 Å². The van der Waals surface area contributed by atoms with Gasteiger partial charge in [0, 0.05) is 0 Å². The topological polar surface area (TPSA) is 12.4 Å². The van der Waals surface area contributed by atoms with Crippen LogP contribution in [0.15, 0.2) is 27.6 Å². The van der Waals surface area contributed by atoms with Gasteiger partial charge >= 0.3 is 66.7 Å². The molecular weight excluding hydrogens is 279 g/mol. The third kappa shape index (κ3) is 1.86. The van der Waals surface area contributed by atoms with Gasteiger partial charge in [0.2, 0.25) is 0 Å². The number of rotatable bonds is 1. The van der Waals surface area contributed by atoms with E-state index in [4.69, 9.17) is 0 Å². The maximum atomic E-state index is 4.12. The molecule has 0 aliphatic rings. The second kappa shape index (κ2) is 3.06. The third-order valence-corrected chi connectivity index (χ3v) is 1.98. The summed E-state index contributed by atoms with van der Waals surface area (Å²) in [5.41, 5.74) is 2.38. The van der Waals surface area contributed by atoms with Gasteiger partial charge in [-0.25, -0.2) is 0 Å². The summed E-state index contributed by atoms with van der Waals surface area (Å²) in [5, 5.41) is 0. The van der Waals surface area contributed by atoms with Gasteiger partial charge in [-0.05, 0) is 0 Å². The number of aryl methyl sites for hydroxylation is 1. The molecule has 0 aromatic heterocycles. The molecule has 0 N–H and O–H groups in total. The van der Waals surface area contributed by atoms with Crippen molar-refractivity contribution in [2.24, 2.45) is 3.34 Å². The molecule has 0 aliphatic heterocycles. The Kier molecular flexibility index (Phi) is 2.34. The zero-order chi connectivity index (χ0) is 6.69. The molecule has 1 aromatic rings. The van der Waals surface area contributed by atoms with Crippen molar-refractivity contribution in [2.75, 3.05) is 0 Å². The Labute approximate surface area is 66.9 Å². The van der Waals surface area contributed by atoms with E-state index in [1.807, 2.05) is 12.1 Å². The van der Waals surface area contributed by atoms with Crippen LogP contribution in [0.25, 0.3) is 0 Å². The first-order valence-corrected chi connectivity index (χ1v) is 4.18. The molecule has 0 aliphatic carbocycles. The van der Waals surface area contributed by atoms with Crippen LogP contribution in [0.4, 0.5) is 5.69 Å². The summed E-state index contributed by atoms with van der Waals surface area (Å²) in [7, 11) is 0. The summed E-state index contributed by atoms with van der Waals surface area (Å²) in [4.78, 5) is 0. The first-order valence-electron chi connectivity index (χ1n) is 2.74. The molecule has 0 amide bonds. The SMILES string of the molecule is Cc1ccc([N]=[Ta])cc1. The van der Waals surface area contributed by atoms with Gasteiger partial charge in [0.25, 0.3) is 0 Å². The summed E-state index contributed by atoms with van der Waals surface area (Å²) in [6, 6.07) is 8.23. The fraction of sp³-hybridized carbons (Fsp3) is 0.143. The van der Waals surface area contributed by atoms with E-state index in [0.717, 1.165) is 26.6 Å². The van der Waals surface area contributed by atoms with E-state index in [9.17, 15) is 0 Å². The fourth-order valence-corrected chi connectivity index (χ4v) is 1.09. The molecule has 0 heterocycles. The van der Waals surface area contributed by atoms with Gasteiger partial charge in [-0.1, -0.05) is 0 Å². The van der Waals surface area contributed by atoms with E-state index >= 15 is 0 Å². The summed E-state index contributed by atoms with van der Waals surface area (Å²) >= 11 is 1.08. The molecule has 0 radical (unpaired) electrons. The van der Waals surface area contributed by atoms with Crippen LogP contribution in [0.3, 0.4) is 0 Å². The summed E-state index contributed by atoms with van der Waals surface area (Å²) < 4.78 is 4.12. The summed E-state index contributed by atoms with van der Waals surface area (Å²) in [6.07, 6.45) is 0. The molecule has 1 rings (SSSR count). The molecule has 0 atom stereocenters. The maximum absolute atomic E-state index is 4.12. The van der Waals surface area contributed by atoms with Crippen molar-refractivity contribution in [3.63, 3.8) is 0 Å². The van der Waals surface area contributed by atoms with Crippen LogP contribution in [-0.4, -0.2) is 0 Å². The molecule has 0 saturated carbocycles. The number of benzene rings is 1. The molecule has 0 fully saturated rings. The van der Waals surface area contributed by atoms with Crippen molar-refractivity contribution in [3.8, 4) is 0 Å². The van der Waals surface area contributed by atoms with Crippen LogP contribution >= 0.6 is 0 Å². The monoisotopic (exact) mass is 286 g/mol. The van der Waals surface area contributed by atoms with Crippen LogP contribution in [-0.2, 0) is 20.9 Å². The molecule has 1 nitrogen and oxygen atoms in total. The Hall–Kier alpha value is -0.240. The van der Waals surface area contributed by atoms with Crippen molar-refractivity contribution in [2.45, 2.75) is 6.92 Å². The van der Waals surface area contributed by atoms with Crippen molar-refractivity contribution in [1.82, 2.24) is 0 Å². The Balaban J connectivity index is 3.01. The minimum atomic E-state index is 1.08. The molecule has 0 unspecified atom stereocenters. The van der Waals surface area contributed by atoms with Gasteiger partial charge < -0.3 is 0 Å². The van der Waals surface area contributed by atoms with Crippen LogP contribution in [0.2, 0.25) is 0 Å². The molecule has 1 aromatic carbocycles. The average molecular weight is 286 g/mol. The van der Waals surface area contributed by atoms with Crippen molar-refractivity contribution in [3.05, 3.63) is 29.8 Å². The molecular formula is C7H7NTa. The quantitative estimate of drug-likeness (QED) is 0.751. The zero-order valence-corrected chi connectivity index (χ0v) is 8.42. The Morgan fingerprint density at radius 2 is 1.78 bits per heavy atom. The molecule has 2 heteroatoms. The van der Waals surface area contributed by atoms with E-state index in [-0.39, 0.29) is 0 Å². The van der Waals surface area contributed by atoms with E-state index < -0.39 is 0 Å². The summed E-state index contributed by atoms with van der Waals surface area (Å²) in [5.74, 6) is 0. The van der Waals surface area contributed by atoms with Crippen LogP contribution < -0.4 is 0 Å². The van der Waals surface area contributed by atoms with Crippen molar-refractivity contribution >= 4 is 5.69 Å². The Bertz CT molecular complexity index is 203. The first-order chi connectivity index (χ1) is 4.33. The molecule has 0 bridgehead atoms. The third-order valence-electron chi connectivity index (χ3n) is 1.15. The minimum absolute atomic E-state index is 1.08. The van der Waals surface area contributed by atoms with E-state index in [1.165, 1.54) is 5.56 Å². The average Bonchev–Trinajstić information content (AvgIpc) is 1.90. The second-order valence-electron chi connectivity index (χ2n) is 1.94. The fourth-order valence-electron chi connectivity index (χ4n) is 0.611. The van der Waals surface area contributed by atoms with E-state index in [0.29, 0.717) is 0 Å². The predicted molar refractivity (Wildman–Crippen MR) is 33.3 cm³/mol. The van der Waals surface area contributed by atoms with E-state index in [2.05, 4.69) is 22.4 Å². The van der Waals surface area contributed by atoms with Gasteiger partial charge in [-0.3, -0.25) is 0 Å². The number of hydrogen-bond donors (Lipinski definition) is 0. The standard InChI is InChI=1S/C7H7N.Ta/c1-6-2-4-7(8)5-3-6;/h2-5H,1H3;. The molecule has 0 saturated heterocycles. The predicted octanol–water partition coefficient (Wildman–Crippen LogP) is 2.36. The summed E-state index contributed by atoms with van der Waals surface area (Å²) in [6.45, 7) is 2.08. The Morgan fingerprint density at radius 1 is 1.22 bits per heavy atom. The number of hydrogen-bond acceptors (Lipinski definition) is 1. The van der Waals surface area contributed by atoms with Gasteiger partial charge in [-0.2, -0.15) is 0 Å². The normalized spacial score (nSPS) is 8.89. The zero-order valence-electron chi connectivity index (χ0n) is 5.20. The number of nitrogens with zero attached hydrogens (tertiary/aromatic N) is 1.